The molecule has 0 bridgehead atoms. The van der Waals surface area contributed by atoms with Crippen LogP contribution in [-0.4, -0.2) is 13.3 Å². The summed E-state index contributed by atoms with van der Waals surface area (Å²) in [5, 5.41) is 10.4. The second-order valence-electron chi connectivity index (χ2n) is 0.537. The van der Waals surface area contributed by atoms with Gasteiger partial charge in [-0.2, -0.15) is 5.26 Å². The summed E-state index contributed by atoms with van der Waals surface area (Å²) in [6, 6.07) is 1.67. The average molecular weight is 83.1 g/mol. The van der Waals surface area contributed by atoms with Crippen LogP contribution in [0.4, 0.5) is 0 Å². The average Bonchev–Trinajstić information content (AvgIpc) is 1.61. The molecule has 6 heavy (non-hydrogen) atoms. The summed E-state index contributed by atoms with van der Waals surface area (Å²) >= 11 is 0. The zero-order chi connectivity index (χ0) is 4.83. The molecule has 0 spiro atoms. The van der Waals surface area contributed by atoms with Gasteiger partial charge in [0.2, 0.25) is 6.61 Å². The van der Waals surface area contributed by atoms with Gasteiger partial charge in [0.1, 0.15) is 6.07 Å². The molecule has 0 aromatic rings. The second kappa shape index (κ2) is 3.96. The van der Waals surface area contributed by atoms with Crippen LogP contribution in [0.3, 0.4) is 0 Å². The van der Waals surface area contributed by atoms with Gasteiger partial charge in [-0.3, -0.25) is 0 Å². The molecule has 0 saturated carbocycles. The van der Waals surface area contributed by atoms with Gasteiger partial charge < -0.3 is 4.84 Å². The molecule has 0 aliphatic carbocycles. The van der Waals surface area contributed by atoms with Crippen LogP contribution in [0.2, 0.25) is 0 Å². The highest BCUT2D eigenvalue weighted by atomic mass is 16.6. The second-order valence-corrected chi connectivity index (χ2v) is 0.537. The van der Waals surface area contributed by atoms with Crippen LogP contribution in [0.5, 0.6) is 0 Å². The lowest BCUT2D eigenvalue weighted by Gasteiger charge is -1.79. The summed E-state index contributed by atoms with van der Waals surface area (Å²) in [7, 11) is 0. The fraction of sp³-hybridized carbons (Fsp3) is 0.333. The van der Waals surface area contributed by atoms with Crippen LogP contribution < -0.4 is 0 Å². The normalized spacial score (nSPS) is 5.83. The van der Waals surface area contributed by atoms with E-state index in [-0.39, 0.29) is 6.61 Å². The fourth-order valence-corrected chi connectivity index (χ4v) is 0.0661. The molecule has 0 aromatic heterocycles. The van der Waals surface area contributed by atoms with Gasteiger partial charge in [-0.05, 0) is 0 Å². The molecule has 1 radical (unpaired) electrons. The van der Waals surface area contributed by atoms with E-state index in [0.717, 1.165) is 0 Å². The molecule has 0 fully saturated rings. The first-order chi connectivity index (χ1) is 2.91. The lowest BCUT2D eigenvalue weighted by Crippen LogP contribution is -1.76. The van der Waals surface area contributed by atoms with Crippen LogP contribution >= 0.6 is 0 Å². The summed E-state index contributed by atoms with van der Waals surface area (Å²) < 4.78 is 0. The third-order valence-corrected chi connectivity index (χ3v) is 0.204. The molecule has 0 N–H and O–H groups in total. The molecule has 0 saturated heterocycles. The number of rotatable bonds is 2. The van der Waals surface area contributed by atoms with Crippen molar-refractivity contribution in [1.29, 1.82) is 5.26 Å². The Kier molecular flexibility index (Phi) is 3.27. The van der Waals surface area contributed by atoms with Crippen molar-refractivity contribution in [3.63, 3.8) is 0 Å². The van der Waals surface area contributed by atoms with E-state index in [1.165, 1.54) is 0 Å². The van der Waals surface area contributed by atoms with E-state index in [9.17, 15) is 0 Å². The van der Waals surface area contributed by atoms with E-state index in [4.69, 9.17) is 5.26 Å². The van der Waals surface area contributed by atoms with Crippen LogP contribution in [0.25, 0.3) is 0 Å². The van der Waals surface area contributed by atoms with Crippen molar-refractivity contribution < 1.29 is 4.84 Å². The monoisotopic (exact) mass is 83.0 g/mol. The molecule has 0 aliphatic heterocycles. The molecule has 31 valence electrons. The molecule has 0 amide bonds. The quantitative estimate of drug-likeness (QED) is 0.268. The van der Waals surface area contributed by atoms with Gasteiger partial charge in [-0.1, -0.05) is 5.16 Å². The van der Waals surface area contributed by atoms with Gasteiger partial charge in [0.15, 0.2) is 0 Å². The molecular weight excluding hydrogens is 80.0 g/mol. The Morgan fingerprint density at radius 2 is 2.67 bits per heavy atom. The predicted molar refractivity (Wildman–Crippen MR) is 20.1 cm³/mol. The summed E-state index contributed by atoms with van der Waals surface area (Å²) in [4.78, 5) is 4.02. The summed E-state index contributed by atoms with van der Waals surface area (Å²) in [6.45, 7) is 4.39. The minimum absolute atomic E-state index is 0.0729. The zero-order valence-corrected chi connectivity index (χ0v) is 3.09. The van der Waals surface area contributed by atoms with Crippen LogP contribution in [0.15, 0.2) is 5.16 Å². The van der Waals surface area contributed by atoms with Crippen LogP contribution in [0, 0.1) is 11.3 Å². The van der Waals surface area contributed by atoms with E-state index in [1.807, 2.05) is 0 Å². The van der Waals surface area contributed by atoms with E-state index in [1.54, 1.807) is 6.07 Å². The van der Waals surface area contributed by atoms with Gasteiger partial charge in [0.25, 0.3) is 0 Å². The minimum Gasteiger partial charge on any atom is -0.380 e. The Bertz CT molecular complexity index is 73.4. The maximum Gasteiger partial charge on any atom is 0.202 e. The van der Waals surface area contributed by atoms with E-state index >= 15 is 0 Å². The van der Waals surface area contributed by atoms with Crippen molar-refractivity contribution in [2.45, 2.75) is 0 Å². The molecule has 0 atom stereocenters. The Morgan fingerprint density at radius 3 is 2.83 bits per heavy atom. The number of nitriles is 1. The summed E-state index contributed by atoms with van der Waals surface area (Å²) in [6.07, 6.45) is 0. The molecule has 0 heterocycles. The van der Waals surface area contributed by atoms with E-state index in [0.29, 0.717) is 0 Å². The number of hydrogen-bond acceptors (Lipinski definition) is 3. The Hall–Kier alpha value is -1.04. The first-order valence-electron chi connectivity index (χ1n) is 1.31. The van der Waals surface area contributed by atoms with Crippen LogP contribution in [-0.2, 0) is 4.84 Å². The molecule has 3 nitrogen and oxygen atoms in total. The van der Waals surface area contributed by atoms with Crippen molar-refractivity contribution in [2.75, 3.05) is 6.61 Å². The summed E-state index contributed by atoms with van der Waals surface area (Å²) in [5.74, 6) is 0. The maximum atomic E-state index is 7.71. The maximum absolute atomic E-state index is 7.71. The van der Waals surface area contributed by atoms with Crippen molar-refractivity contribution in [1.82, 2.24) is 0 Å². The first-order valence-corrected chi connectivity index (χ1v) is 1.31. The highest BCUT2D eigenvalue weighted by molar-refractivity contribution is 5.21. The largest absolute Gasteiger partial charge is 0.380 e. The van der Waals surface area contributed by atoms with E-state index in [2.05, 4.69) is 16.7 Å². The molecule has 3 heteroatoms. The predicted octanol–water partition coefficient (Wildman–Crippen LogP) is 0.0192. The molecule has 0 unspecified atom stereocenters. The van der Waals surface area contributed by atoms with Crippen molar-refractivity contribution in [3.8, 4) is 6.07 Å². The Morgan fingerprint density at radius 1 is 2.00 bits per heavy atom. The van der Waals surface area contributed by atoms with Gasteiger partial charge in [-0.15, -0.1) is 0 Å². The standard InChI is InChI=1S/C3H3N2O/c1-5-6-3-2-4/h1H,3H2. The minimum atomic E-state index is -0.0729. The van der Waals surface area contributed by atoms with E-state index < -0.39 is 0 Å². The fourth-order valence-electron chi connectivity index (χ4n) is 0.0661. The number of hydrogen-bond donors (Lipinski definition) is 0. The van der Waals surface area contributed by atoms with Gasteiger partial charge in [0, 0.05) is 0 Å². The lowest BCUT2D eigenvalue weighted by atomic mass is 10.9. The first kappa shape index (κ1) is 4.96. The van der Waals surface area contributed by atoms with Crippen molar-refractivity contribution >= 4 is 6.72 Å². The number of nitrogens with zero attached hydrogens (tertiary/aromatic N) is 2. The molecular formula is C3H3N2O. The smallest absolute Gasteiger partial charge is 0.202 e. The SMILES string of the molecule is [CH]=NOCC#N. The molecule has 0 aliphatic rings. The van der Waals surface area contributed by atoms with Gasteiger partial charge in [0.05, 0.1) is 6.72 Å². The van der Waals surface area contributed by atoms with Crippen molar-refractivity contribution in [3.05, 3.63) is 0 Å². The van der Waals surface area contributed by atoms with Gasteiger partial charge in [-0.25, -0.2) is 0 Å². The highest BCUT2D eigenvalue weighted by Gasteiger charge is 1.67. The van der Waals surface area contributed by atoms with Crippen molar-refractivity contribution in [2.24, 2.45) is 5.16 Å². The zero-order valence-electron chi connectivity index (χ0n) is 3.09. The Balaban J connectivity index is 2.72. The highest BCUT2D eigenvalue weighted by Crippen LogP contribution is 1.64. The summed E-state index contributed by atoms with van der Waals surface area (Å²) in [5.41, 5.74) is 0. The van der Waals surface area contributed by atoms with Gasteiger partial charge >= 0.3 is 0 Å². The lowest BCUT2D eigenvalue weighted by molar-refractivity contribution is 0.181. The third-order valence-electron chi connectivity index (χ3n) is 0.204. The topological polar surface area (TPSA) is 45.4 Å². The Labute approximate surface area is 35.8 Å². The molecule has 0 rings (SSSR count). The molecule has 0 aromatic carbocycles. The van der Waals surface area contributed by atoms with Crippen LogP contribution in [0.1, 0.15) is 0 Å². The third kappa shape index (κ3) is 2.96.